The monoisotopic (exact) mass is 226 g/mol. The molecule has 0 N–H and O–H groups in total. The number of aryl methyl sites for hydroxylation is 1. The molecule has 0 bridgehead atoms. The van der Waals surface area contributed by atoms with Gasteiger partial charge in [0.05, 0.1) is 7.11 Å². The number of hydrogen-bond donors (Lipinski definition) is 0. The zero-order valence-corrected chi connectivity index (χ0v) is 10.6. The lowest BCUT2D eigenvalue weighted by Gasteiger charge is -2.16. The molecule has 2 heteroatoms. The molecular formula is C13H19ClO. The van der Waals surface area contributed by atoms with Gasteiger partial charge in [0.25, 0.3) is 0 Å². The highest BCUT2D eigenvalue weighted by molar-refractivity contribution is 6.20. The van der Waals surface area contributed by atoms with E-state index in [0.717, 1.165) is 12.2 Å². The number of benzene rings is 1. The Morgan fingerprint density at radius 3 is 2.53 bits per heavy atom. The van der Waals surface area contributed by atoms with E-state index in [0.29, 0.717) is 5.92 Å². The zero-order valence-electron chi connectivity index (χ0n) is 9.88. The minimum atomic E-state index is 0.190. The lowest BCUT2D eigenvalue weighted by atomic mass is 9.97. The second-order valence-corrected chi connectivity index (χ2v) is 4.86. The molecule has 0 aliphatic heterocycles. The third-order valence-corrected chi connectivity index (χ3v) is 3.19. The van der Waals surface area contributed by atoms with E-state index in [9.17, 15) is 0 Å². The molecule has 2 atom stereocenters. The number of methoxy groups -OCH3 is 1. The van der Waals surface area contributed by atoms with Crippen molar-refractivity contribution in [3.63, 3.8) is 0 Å². The summed E-state index contributed by atoms with van der Waals surface area (Å²) in [7, 11) is 1.71. The van der Waals surface area contributed by atoms with E-state index in [1.54, 1.807) is 7.11 Å². The maximum Gasteiger partial charge on any atom is 0.122 e. The van der Waals surface area contributed by atoms with E-state index in [2.05, 4.69) is 26.0 Å². The highest BCUT2D eigenvalue weighted by Gasteiger charge is 2.12. The van der Waals surface area contributed by atoms with Crippen molar-refractivity contribution in [1.82, 2.24) is 0 Å². The molecule has 0 heterocycles. The summed E-state index contributed by atoms with van der Waals surface area (Å²) in [5, 5.41) is 0.190. The van der Waals surface area contributed by atoms with Gasteiger partial charge < -0.3 is 4.74 Å². The molecule has 0 aliphatic carbocycles. The van der Waals surface area contributed by atoms with E-state index >= 15 is 0 Å². The molecule has 0 spiro atoms. The van der Waals surface area contributed by atoms with Crippen LogP contribution in [0.15, 0.2) is 18.2 Å². The topological polar surface area (TPSA) is 9.23 Å². The molecule has 0 saturated heterocycles. The van der Waals surface area contributed by atoms with Gasteiger partial charge in [0.1, 0.15) is 5.75 Å². The average Bonchev–Trinajstić information content (AvgIpc) is 2.18. The highest BCUT2D eigenvalue weighted by atomic mass is 35.5. The largest absolute Gasteiger partial charge is 0.496 e. The Bertz CT molecular complexity index is 320. The Hall–Kier alpha value is -0.690. The highest BCUT2D eigenvalue weighted by Crippen LogP contribution is 2.25. The Labute approximate surface area is 97.4 Å². The van der Waals surface area contributed by atoms with Gasteiger partial charge in [-0.15, -0.1) is 11.6 Å². The van der Waals surface area contributed by atoms with Gasteiger partial charge in [-0.3, -0.25) is 0 Å². The van der Waals surface area contributed by atoms with Crippen molar-refractivity contribution in [1.29, 1.82) is 0 Å². The maximum absolute atomic E-state index is 6.07. The molecule has 0 aromatic heterocycles. The molecule has 0 fully saturated rings. The summed E-state index contributed by atoms with van der Waals surface area (Å²) in [5.41, 5.74) is 2.51. The van der Waals surface area contributed by atoms with Crippen molar-refractivity contribution >= 4 is 11.6 Å². The normalized spacial score (nSPS) is 14.7. The summed E-state index contributed by atoms with van der Waals surface area (Å²) < 4.78 is 5.34. The molecule has 1 aromatic carbocycles. The molecule has 0 aliphatic rings. The van der Waals surface area contributed by atoms with Crippen molar-refractivity contribution in [2.45, 2.75) is 32.6 Å². The molecule has 0 amide bonds. The summed E-state index contributed by atoms with van der Waals surface area (Å²) in [6.07, 6.45) is 0.968. The predicted octanol–water partition coefficient (Wildman–Crippen LogP) is 3.81. The molecule has 1 nitrogen and oxygen atoms in total. The SMILES string of the molecule is COc1ccc(C)cc1CC(C)C(C)Cl. The van der Waals surface area contributed by atoms with Crippen molar-refractivity contribution in [2.24, 2.45) is 5.92 Å². The van der Waals surface area contributed by atoms with Crippen LogP contribution < -0.4 is 4.74 Å². The number of ether oxygens (including phenoxy) is 1. The molecule has 15 heavy (non-hydrogen) atoms. The number of alkyl halides is 1. The van der Waals surface area contributed by atoms with Crippen LogP contribution in [0.4, 0.5) is 0 Å². The van der Waals surface area contributed by atoms with Gasteiger partial charge in [-0.25, -0.2) is 0 Å². The minimum Gasteiger partial charge on any atom is -0.496 e. The van der Waals surface area contributed by atoms with E-state index in [1.165, 1.54) is 11.1 Å². The fourth-order valence-electron chi connectivity index (χ4n) is 1.58. The summed E-state index contributed by atoms with van der Waals surface area (Å²) in [6.45, 7) is 6.30. The Morgan fingerprint density at radius 2 is 2.00 bits per heavy atom. The standard InChI is InChI=1S/C13H19ClO/c1-9-5-6-13(15-4)12(7-9)8-10(2)11(3)14/h5-7,10-11H,8H2,1-4H3. The van der Waals surface area contributed by atoms with E-state index in [1.807, 2.05) is 13.0 Å². The fourth-order valence-corrected chi connectivity index (χ4v) is 1.67. The number of hydrogen-bond acceptors (Lipinski definition) is 1. The van der Waals surface area contributed by atoms with Gasteiger partial charge in [0.15, 0.2) is 0 Å². The summed E-state index contributed by atoms with van der Waals surface area (Å²) in [4.78, 5) is 0. The Kier molecular flexibility index (Phi) is 4.46. The van der Waals surface area contributed by atoms with Crippen LogP contribution in [0.3, 0.4) is 0 Å². The van der Waals surface area contributed by atoms with Crippen LogP contribution in [0.2, 0.25) is 0 Å². The molecule has 0 saturated carbocycles. The third kappa shape index (κ3) is 3.42. The third-order valence-electron chi connectivity index (χ3n) is 2.76. The number of rotatable bonds is 4. The predicted molar refractivity (Wildman–Crippen MR) is 65.9 cm³/mol. The molecular weight excluding hydrogens is 208 g/mol. The van der Waals surface area contributed by atoms with Crippen molar-refractivity contribution in [2.75, 3.05) is 7.11 Å². The van der Waals surface area contributed by atoms with Crippen LogP contribution in [-0.4, -0.2) is 12.5 Å². The second-order valence-electron chi connectivity index (χ2n) is 4.17. The minimum absolute atomic E-state index is 0.190. The van der Waals surface area contributed by atoms with Crippen LogP contribution in [0.5, 0.6) is 5.75 Å². The van der Waals surface area contributed by atoms with Crippen LogP contribution in [0.1, 0.15) is 25.0 Å². The Balaban J connectivity index is 2.87. The molecule has 1 aromatic rings. The average molecular weight is 227 g/mol. The maximum atomic E-state index is 6.07. The smallest absolute Gasteiger partial charge is 0.122 e. The first kappa shape index (κ1) is 12.4. The fraction of sp³-hybridized carbons (Fsp3) is 0.538. The quantitative estimate of drug-likeness (QED) is 0.710. The van der Waals surface area contributed by atoms with Crippen LogP contribution in [-0.2, 0) is 6.42 Å². The second kappa shape index (κ2) is 5.41. The van der Waals surface area contributed by atoms with Gasteiger partial charge in [-0.2, -0.15) is 0 Å². The van der Waals surface area contributed by atoms with Crippen molar-refractivity contribution in [3.8, 4) is 5.75 Å². The first-order valence-electron chi connectivity index (χ1n) is 5.32. The lowest BCUT2D eigenvalue weighted by molar-refractivity contribution is 0.405. The molecule has 1 rings (SSSR count). The summed E-state index contributed by atoms with van der Waals surface area (Å²) >= 11 is 6.07. The molecule has 2 unspecified atom stereocenters. The van der Waals surface area contributed by atoms with Crippen LogP contribution in [0.25, 0.3) is 0 Å². The number of halogens is 1. The Morgan fingerprint density at radius 1 is 1.33 bits per heavy atom. The summed E-state index contributed by atoms with van der Waals surface area (Å²) in [6, 6.07) is 6.27. The van der Waals surface area contributed by atoms with Crippen molar-refractivity contribution in [3.05, 3.63) is 29.3 Å². The molecule has 0 radical (unpaired) electrons. The summed E-state index contributed by atoms with van der Waals surface area (Å²) in [5.74, 6) is 1.42. The van der Waals surface area contributed by atoms with E-state index in [4.69, 9.17) is 16.3 Å². The van der Waals surface area contributed by atoms with E-state index in [-0.39, 0.29) is 5.38 Å². The first-order valence-corrected chi connectivity index (χ1v) is 5.75. The van der Waals surface area contributed by atoms with Crippen molar-refractivity contribution < 1.29 is 4.74 Å². The molecule has 84 valence electrons. The van der Waals surface area contributed by atoms with Gasteiger partial charge in [0.2, 0.25) is 0 Å². The van der Waals surface area contributed by atoms with Gasteiger partial charge in [0, 0.05) is 5.38 Å². The van der Waals surface area contributed by atoms with Gasteiger partial charge >= 0.3 is 0 Å². The van der Waals surface area contributed by atoms with Gasteiger partial charge in [-0.05, 0) is 37.8 Å². The van der Waals surface area contributed by atoms with Crippen LogP contribution in [0, 0.1) is 12.8 Å². The lowest BCUT2D eigenvalue weighted by Crippen LogP contribution is -2.11. The first-order chi connectivity index (χ1) is 7.04. The van der Waals surface area contributed by atoms with E-state index < -0.39 is 0 Å². The van der Waals surface area contributed by atoms with Gasteiger partial charge in [-0.1, -0.05) is 24.6 Å². The zero-order chi connectivity index (χ0) is 11.4. The van der Waals surface area contributed by atoms with Crippen LogP contribution >= 0.6 is 11.6 Å².